The number of Topliss-reactive ketones (excluding diaryl/α,β-unsaturated/α-hetero) is 1. The molecule has 0 bridgehead atoms. The van der Waals surface area contributed by atoms with E-state index in [1.165, 1.54) is 11.1 Å². The molecule has 2 aromatic carbocycles. The molecule has 0 amide bonds. The van der Waals surface area contributed by atoms with E-state index in [0.29, 0.717) is 37.4 Å². The van der Waals surface area contributed by atoms with Crippen molar-refractivity contribution in [3.05, 3.63) is 65.2 Å². The third-order valence-corrected chi connectivity index (χ3v) is 7.43. The molecule has 2 aliphatic carbocycles. The topological polar surface area (TPSA) is 88.1 Å². The number of aryl methyl sites for hydroxylation is 2. The maximum absolute atomic E-state index is 13.3. The Kier molecular flexibility index (Phi) is 9.47. The van der Waals surface area contributed by atoms with Crippen LogP contribution in [0.2, 0.25) is 0 Å². The molecular formula is C30H36O7. The molecule has 198 valence electrons. The average molecular weight is 509 g/mol. The Morgan fingerprint density at radius 3 is 2.43 bits per heavy atom. The van der Waals surface area contributed by atoms with Crippen molar-refractivity contribution in [2.75, 3.05) is 33.5 Å². The predicted octanol–water partition coefficient (Wildman–Crippen LogP) is 4.74. The molecule has 1 atom stereocenters. The van der Waals surface area contributed by atoms with E-state index >= 15 is 0 Å². The summed E-state index contributed by atoms with van der Waals surface area (Å²) in [5.41, 5.74) is 2.18. The van der Waals surface area contributed by atoms with Gasteiger partial charge in [-0.2, -0.15) is 0 Å². The maximum atomic E-state index is 13.3. The molecule has 0 heterocycles. The van der Waals surface area contributed by atoms with Crippen molar-refractivity contribution in [1.29, 1.82) is 0 Å². The Morgan fingerprint density at radius 1 is 0.919 bits per heavy atom. The number of carbonyl (C=O) groups excluding carboxylic acids is 3. The van der Waals surface area contributed by atoms with Crippen LogP contribution >= 0.6 is 0 Å². The summed E-state index contributed by atoms with van der Waals surface area (Å²) in [5.74, 6) is -1.24. The van der Waals surface area contributed by atoms with Crippen LogP contribution in [0.5, 0.6) is 5.75 Å². The third kappa shape index (κ3) is 7.05. The van der Waals surface area contributed by atoms with Gasteiger partial charge >= 0.3 is 11.9 Å². The predicted molar refractivity (Wildman–Crippen MR) is 138 cm³/mol. The number of hydrogen-bond acceptors (Lipinski definition) is 7. The van der Waals surface area contributed by atoms with E-state index in [2.05, 4.69) is 0 Å². The van der Waals surface area contributed by atoms with E-state index in [0.717, 1.165) is 32.1 Å². The monoisotopic (exact) mass is 508 g/mol. The van der Waals surface area contributed by atoms with E-state index in [1.54, 1.807) is 31.4 Å². The summed E-state index contributed by atoms with van der Waals surface area (Å²) < 4.78 is 22.1. The summed E-state index contributed by atoms with van der Waals surface area (Å²) in [7, 11) is 1.59. The van der Waals surface area contributed by atoms with Crippen LogP contribution in [0.1, 0.15) is 60.0 Å². The molecule has 2 aromatic rings. The molecule has 0 aromatic heterocycles. The molecule has 0 N–H and O–H groups in total. The van der Waals surface area contributed by atoms with Crippen LogP contribution in [0.25, 0.3) is 0 Å². The van der Waals surface area contributed by atoms with Gasteiger partial charge in [-0.1, -0.05) is 49.2 Å². The fourth-order valence-electron chi connectivity index (χ4n) is 5.40. The van der Waals surface area contributed by atoms with Crippen LogP contribution in [-0.2, 0) is 36.6 Å². The molecular weight excluding hydrogens is 472 g/mol. The summed E-state index contributed by atoms with van der Waals surface area (Å²) in [6.07, 6.45) is 6.33. The molecule has 1 saturated carbocycles. The molecule has 7 nitrogen and oxygen atoms in total. The van der Waals surface area contributed by atoms with Crippen LogP contribution < -0.4 is 4.74 Å². The fraction of sp³-hybridized carbons (Fsp3) is 0.500. The lowest BCUT2D eigenvalue weighted by Crippen LogP contribution is -2.38. The fourth-order valence-corrected chi connectivity index (χ4v) is 5.40. The normalized spacial score (nSPS) is 16.7. The van der Waals surface area contributed by atoms with Crippen LogP contribution in [0.15, 0.2) is 48.5 Å². The molecule has 0 saturated heterocycles. The number of fused-ring (bicyclic) bond motifs is 1. The number of hydrogen-bond donors (Lipinski definition) is 0. The molecule has 7 heteroatoms. The number of ether oxygens (including phenoxy) is 4. The zero-order chi connectivity index (χ0) is 26.1. The number of esters is 2. The average Bonchev–Trinajstić information content (AvgIpc) is 3.59. The first-order valence-electron chi connectivity index (χ1n) is 13.2. The standard InChI is InChI=1S/C30H36O7/c1-34-16-17-35-20-25(28(32)37-26-13-12-22-10-7-11-24(22)18-26)19-30(14-5-6-15-30)29(33)36-21-27(31)23-8-3-2-4-9-23/h2-4,8-9,12-13,18,25H,5-7,10-11,14-17,19-21H2,1H3. The Labute approximate surface area is 218 Å². The van der Waals surface area contributed by atoms with Gasteiger partial charge in [0.1, 0.15) is 5.75 Å². The van der Waals surface area contributed by atoms with E-state index < -0.39 is 23.3 Å². The van der Waals surface area contributed by atoms with Gasteiger partial charge in [-0.05, 0) is 61.8 Å². The van der Waals surface area contributed by atoms with Gasteiger partial charge in [-0.25, -0.2) is 0 Å². The lowest BCUT2D eigenvalue weighted by atomic mass is 9.77. The highest BCUT2D eigenvalue weighted by molar-refractivity contribution is 5.98. The minimum absolute atomic E-state index is 0.116. The molecule has 1 fully saturated rings. The quantitative estimate of drug-likeness (QED) is 0.167. The first-order chi connectivity index (χ1) is 18.0. The van der Waals surface area contributed by atoms with Crippen molar-refractivity contribution in [2.45, 2.75) is 51.4 Å². The van der Waals surface area contributed by atoms with Gasteiger partial charge in [0, 0.05) is 12.7 Å². The number of rotatable bonds is 13. The number of benzene rings is 2. The highest BCUT2D eigenvalue weighted by Gasteiger charge is 2.46. The van der Waals surface area contributed by atoms with Crippen molar-refractivity contribution in [3.63, 3.8) is 0 Å². The molecule has 1 unspecified atom stereocenters. The summed E-state index contributed by atoms with van der Waals surface area (Å²) in [5, 5.41) is 0. The first kappa shape index (κ1) is 27.0. The van der Waals surface area contributed by atoms with Crippen molar-refractivity contribution in [3.8, 4) is 5.75 Å². The summed E-state index contributed by atoms with van der Waals surface area (Å²) in [4.78, 5) is 39.2. The number of ketones is 1. The second kappa shape index (κ2) is 13.0. The molecule has 37 heavy (non-hydrogen) atoms. The van der Waals surface area contributed by atoms with Crippen molar-refractivity contribution in [2.24, 2.45) is 11.3 Å². The second-order valence-electron chi connectivity index (χ2n) is 10.0. The zero-order valence-electron chi connectivity index (χ0n) is 21.5. The summed E-state index contributed by atoms with van der Waals surface area (Å²) in [6.45, 7) is 0.536. The van der Waals surface area contributed by atoms with E-state index in [9.17, 15) is 14.4 Å². The van der Waals surface area contributed by atoms with Crippen LogP contribution in [0.3, 0.4) is 0 Å². The van der Waals surface area contributed by atoms with E-state index in [-0.39, 0.29) is 25.4 Å². The van der Waals surface area contributed by atoms with Gasteiger partial charge in [0.15, 0.2) is 12.4 Å². The molecule has 0 radical (unpaired) electrons. The van der Waals surface area contributed by atoms with Crippen LogP contribution in [0, 0.1) is 11.3 Å². The van der Waals surface area contributed by atoms with Gasteiger partial charge in [-0.3, -0.25) is 14.4 Å². The minimum Gasteiger partial charge on any atom is -0.457 e. The van der Waals surface area contributed by atoms with Gasteiger partial charge < -0.3 is 18.9 Å². The largest absolute Gasteiger partial charge is 0.457 e. The van der Waals surface area contributed by atoms with Gasteiger partial charge in [-0.15, -0.1) is 0 Å². The van der Waals surface area contributed by atoms with Crippen molar-refractivity contribution < 1.29 is 33.3 Å². The van der Waals surface area contributed by atoms with Crippen LogP contribution in [0.4, 0.5) is 0 Å². The third-order valence-electron chi connectivity index (χ3n) is 7.43. The molecule has 0 aliphatic heterocycles. The minimum atomic E-state index is -0.844. The van der Waals surface area contributed by atoms with E-state index in [4.69, 9.17) is 18.9 Å². The zero-order valence-corrected chi connectivity index (χ0v) is 21.5. The highest BCUT2D eigenvalue weighted by Crippen LogP contribution is 2.44. The van der Waals surface area contributed by atoms with Crippen LogP contribution in [-0.4, -0.2) is 51.3 Å². The van der Waals surface area contributed by atoms with E-state index in [1.807, 2.05) is 24.3 Å². The summed E-state index contributed by atoms with van der Waals surface area (Å²) >= 11 is 0. The Hall–Kier alpha value is -3.03. The lowest BCUT2D eigenvalue weighted by molar-refractivity contribution is -0.157. The molecule has 4 rings (SSSR count). The van der Waals surface area contributed by atoms with Gasteiger partial charge in [0.05, 0.1) is 31.2 Å². The van der Waals surface area contributed by atoms with Gasteiger partial charge in [0.2, 0.25) is 0 Å². The molecule has 0 spiro atoms. The van der Waals surface area contributed by atoms with Gasteiger partial charge in [0.25, 0.3) is 0 Å². The maximum Gasteiger partial charge on any atom is 0.316 e. The number of carbonyl (C=O) groups is 3. The first-order valence-corrected chi connectivity index (χ1v) is 13.2. The Balaban J connectivity index is 1.44. The SMILES string of the molecule is COCCOCC(CC1(C(=O)OCC(=O)c2ccccc2)CCCC1)C(=O)Oc1ccc2c(c1)CCC2. The number of methoxy groups -OCH3 is 1. The van der Waals surface area contributed by atoms with Crippen molar-refractivity contribution in [1.82, 2.24) is 0 Å². The Bertz CT molecular complexity index is 1070. The smallest absolute Gasteiger partial charge is 0.316 e. The highest BCUT2D eigenvalue weighted by atomic mass is 16.5. The lowest BCUT2D eigenvalue weighted by Gasteiger charge is -2.30. The summed E-state index contributed by atoms with van der Waals surface area (Å²) in [6, 6.07) is 14.6. The Morgan fingerprint density at radius 2 is 1.68 bits per heavy atom. The second-order valence-corrected chi connectivity index (χ2v) is 10.0. The molecule has 2 aliphatic rings. The van der Waals surface area contributed by atoms with Crippen molar-refractivity contribution >= 4 is 17.7 Å².